The van der Waals surface area contributed by atoms with Gasteiger partial charge >= 0.3 is 0 Å². The molecule has 0 fully saturated rings. The molecule has 0 saturated heterocycles. The van der Waals surface area contributed by atoms with Crippen LogP contribution in [0.25, 0.3) is 0 Å². The lowest BCUT2D eigenvalue weighted by molar-refractivity contribution is 0.0779. The van der Waals surface area contributed by atoms with Gasteiger partial charge in [-0.1, -0.05) is 36.4 Å². The van der Waals surface area contributed by atoms with Crippen LogP contribution >= 0.6 is 0 Å². The fourth-order valence-electron chi connectivity index (χ4n) is 3.00. The fourth-order valence-corrected chi connectivity index (χ4v) is 3.00. The summed E-state index contributed by atoms with van der Waals surface area (Å²) in [5.74, 6) is 0.355. The number of aromatic nitrogens is 1. The maximum Gasteiger partial charge on any atom is 0.257 e. The van der Waals surface area contributed by atoms with Gasteiger partial charge in [-0.3, -0.25) is 4.79 Å². The normalized spacial score (nSPS) is 11.8. The average molecular weight is 421 g/mol. The van der Waals surface area contributed by atoms with E-state index in [-0.39, 0.29) is 11.8 Å². The molecule has 2 aromatic carbocycles. The van der Waals surface area contributed by atoms with Crippen molar-refractivity contribution in [3.05, 3.63) is 89.1 Å². The number of hydrogen-bond donors (Lipinski definition) is 3. The number of benzene rings is 2. The molecule has 3 rings (SSSR count). The Hall–Kier alpha value is -3.22. The number of amides is 1. The summed E-state index contributed by atoms with van der Waals surface area (Å²) < 4.78 is 5.86. The third-order valence-electron chi connectivity index (χ3n) is 4.88. The predicted molar refractivity (Wildman–Crippen MR) is 119 cm³/mol. The van der Waals surface area contributed by atoms with Crippen LogP contribution < -0.4 is 10.1 Å². The van der Waals surface area contributed by atoms with Gasteiger partial charge in [-0.15, -0.1) is 0 Å². The van der Waals surface area contributed by atoms with E-state index in [1.54, 1.807) is 64.2 Å². The second-order valence-electron chi connectivity index (χ2n) is 8.48. The SMILES string of the molecule is CC(C)(O)c1ccc(CNC(=O)c2cccnc2Oc2cccc(C(C)(C)O)c2)cc1. The number of nitrogens with one attached hydrogen (secondary N) is 1. The number of carbonyl (C=O) groups excluding carboxylic acids is 1. The van der Waals surface area contributed by atoms with Crippen molar-refractivity contribution in [3.8, 4) is 11.6 Å². The van der Waals surface area contributed by atoms with Gasteiger partial charge in [0, 0.05) is 12.7 Å². The number of pyridine rings is 1. The molecule has 0 radical (unpaired) electrons. The molecular formula is C25H28N2O4. The quantitative estimate of drug-likeness (QED) is 0.531. The van der Waals surface area contributed by atoms with Crippen molar-refractivity contribution in [2.24, 2.45) is 0 Å². The Morgan fingerprint density at radius 2 is 1.61 bits per heavy atom. The van der Waals surface area contributed by atoms with E-state index in [9.17, 15) is 15.0 Å². The van der Waals surface area contributed by atoms with Gasteiger partial charge < -0.3 is 20.3 Å². The van der Waals surface area contributed by atoms with E-state index in [1.807, 2.05) is 30.3 Å². The smallest absolute Gasteiger partial charge is 0.257 e. The highest BCUT2D eigenvalue weighted by molar-refractivity contribution is 5.96. The number of nitrogens with zero attached hydrogens (tertiary/aromatic N) is 1. The largest absolute Gasteiger partial charge is 0.438 e. The predicted octanol–water partition coefficient (Wildman–Crippen LogP) is 4.26. The Kier molecular flexibility index (Phi) is 6.43. The highest BCUT2D eigenvalue weighted by atomic mass is 16.5. The average Bonchev–Trinajstić information content (AvgIpc) is 2.72. The molecule has 31 heavy (non-hydrogen) atoms. The van der Waals surface area contributed by atoms with Crippen LogP contribution in [0.5, 0.6) is 11.6 Å². The topological polar surface area (TPSA) is 91.7 Å². The van der Waals surface area contributed by atoms with Crippen molar-refractivity contribution in [2.45, 2.75) is 45.4 Å². The summed E-state index contributed by atoms with van der Waals surface area (Å²) in [7, 11) is 0. The molecule has 1 aromatic heterocycles. The van der Waals surface area contributed by atoms with E-state index >= 15 is 0 Å². The number of rotatable bonds is 7. The minimum absolute atomic E-state index is 0.185. The van der Waals surface area contributed by atoms with Crippen molar-refractivity contribution >= 4 is 5.91 Å². The molecule has 0 atom stereocenters. The Morgan fingerprint density at radius 3 is 2.26 bits per heavy atom. The van der Waals surface area contributed by atoms with Crippen molar-refractivity contribution in [3.63, 3.8) is 0 Å². The highest BCUT2D eigenvalue weighted by Gasteiger charge is 2.19. The molecule has 0 spiro atoms. The maximum atomic E-state index is 12.8. The van der Waals surface area contributed by atoms with Crippen LogP contribution in [0, 0.1) is 0 Å². The van der Waals surface area contributed by atoms with Gasteiger partial charge in [0.1, 0.15) is 11.3 Å². The van der Waals surface area contributed by atoms with Crippen molar-refractivity contribution in [1.29, 1.82) is 0 Å². The fraction of sp³-hybridized carbons (Fsp3) is 0.280. The van der Waals surface area contributed by atoms with E-state index in [0.29, 0.717) is 23.4 Å². The Morgan fingerprint density at radius 1 is 0.935 bits per heavy atom. The number of hydrogen-bond acceptors (Lipinski definition) is 5. The lowest BCUT2D eigenvalue weighted by Gasteiger charge is -2.19. The zero-order chi connectivity index (χ0) is 22.6. The van der Waals surface area contributed by atoms with Gasteiger partial charge in [0.25, 0.3) is 5.91 Å². The first-order valence-corrected chi connectivity index (χ1v) is 10.1. The zero-order valence-corrected chi connectivity index (χ0v) is 18.2. The van der Waals surface area contributed by atoms with E-state index < -0.39 is 11.2 Å². The number of carbonyl (C=O) groups is 1. The van der Waals surface area contributed by atoms with Crippen molar-refractivity contribution in [2.75, 3.05) is 0 Å². The Balaban J connectivity index is 1.72. The molecule has 1 heterocycles. The van der Waals surface area contributed by atoms with Crippen LogP contribution in [0.2, 0.25) is 0 Å². The Labute approximate surface area is 182 Å². The molecule has 0 aliphatic carbocycles. The van der Waals surface area contributed by atoms with Crippen molar-refractivity contribution < 1.29 is 19.7 Å². The highest BCUT2D eigenvalue weighted by Crippen LogP contribution is 2.28. The van der Waals surface area contributed by atoms with Gasteiger partial charge in [0.15, 0.2) is 0 Å². The molecular weight excluding hydrogens is 392 g/mol. The molecule has 0 aliphatic heterocycles. The second-order valence-corrected chi connectivity index (χ2v) is 8.48. The van der Waals surface area contributed by atoms with Gasteiger partial charge in [-0.2, -0.15) is 0 Å². The van der Waals surface area contributed by atoms with E-state index in [0.717, 1.165) is 11.1 Å². The summed E-state index contributed by atoms with van der Waals surface area (Å²) in [6.07, 6.45) is 1.56. The third kappa shape index (κ3) is 5.90. The lowest BCUT2D eigenvalue weighted by atomic mass is 9.97. The molecule has 3 N–H and O–H groups in total. The zero-order valence-electron chi connectivity index (χ0n) is 18.2. The first kappa shape index (κ1) is 22.5. The maximum absolute atomic E-state index is 12.8. The lowest BCUT2D eigenvalue weighted by Crippen LogP contribution is -2.23. The summed E-state index contributed by atoms with van der Waals surface area (Å²) >= 11 is 0. The molecule has 0 saturated carbocycles. The van der Waals surface area contributed by atoms with Crippen LogP contribution in [0.3, 0.4) is 0 Å². The molecule has 162 valence electrons. The summed E-state index contributed by atoms with van der Waals surface area (Å²) in [5.41, 5.74) is 0.798. The van der Waals surface area contributed by atoms with Crippen molar-refractivity contribution in [1.82, 2.24) is 10.3 Å². The van der Waals surface area contributed by atoms with Gasteiger partial charge in [-0.05, 0) is 68.7 Å². The van der Waals surface area contributed by atoms with Gasteiger partial charge in [-0.25, -0.2) is 4.98 Å². The molecule has 0 aliphatic rings. The number of aliphatic hydroxyl groups is 2. The van der Waals surface area contributed by atoms with E-state index in [1.165, 1.54) is 0 Å². The van der Waals surface area contributed by atoms with Crippen LogP contribution in [0.4, 0.5) is 0 Å². The van der Waals surface area contributed by atoms with Crippen LogP contribution in [0.1, 0.15) is 54.7 Å². The summed E-state index contributed by atoms with van der Waals surface area (Å²) in [6.45, 7) is 7.17. The molecule has 0 bridgehead atoms. The summed E-state index contributed by atoms with van der Waals surface area (Å²) in [5, 5.41) is 23.1. The van der Waals surface area contributed by atoms with Gasteiger partial charge in [0.2, 0.25) is 5.88 Å². The van der Waals surface area contributed by atoms with Gasteiger partial charge in [0.05, 0.1) is 11.2 Å². The van der Waals surface area contributed by atoms with Crippen LogP contribution in [-0.2, 0) is 17.7 Å². The number of ether oxygens (including phenoxy) is 1. The third-order valence-corrected chi connectivity index (χ3v) is 4.88. The van der Waals surface area contributed by atoms with E-state index in [2.05, 4.69) is 10.3 Å². The minimum Gasteiger partial charge on any atom is -0.438 e. The molecule has 1 amide bonds. The molecule has 0 unspecified atom stereocenters. The molecule has 3 aromatic rings. The first-order chi connectivity index (χ1) is 14.5. The second kappa shape index (κ2) is 8.88. The van der Waals surface area contributed by atoms with Crippen LogP contribution in [-0.4, -0.2) is 21.1 Å². The first-order valence-electron chi connectivity index (χ1n) is 10.1. The molecule has 6 heteroatoms. The van der Waals surface area contributed by atoms with Crippen LogP contribution in [0.15, 0.2) is 66.9 Å². The standard InChI is InChI=1S/C25H28N2O4/c1-24(2,29)18-12-10-17(11-13-18)16-27-22(28)21-9-6-14-26-23(21)31-20-8-5-7-19(15-20)25(3,4)30/h5-15,29-30H,16H2,1-4H3,(H,27,28). The Bertz CT molecular complexity index is 1050. The summed E-state index contributed by atoms with van der Waals surface area (Å²) in [6, 6.07) is 17.8. The molecule has 6 nitrogen and oxygen atoms in total. The monoisotopic (exact) mass is 420 g/mol. The van der Waals surface area contributed by atoms with E-state index in [4.69, 9.17) is 4.74 Å². The summed E-state index contributed by atoms with van der Waals surface area (Å²) in [4.78, 5) is 17.0. The minimum atomic E-state index is -1.01.